The molecular formula is C10H19F3N2. The van der Waals surface area contributed by atoms with Crippen LogP contribution in [0.15, 0.2) is 0 Å². The second-order valence-electron chi connectivity index (χ2n) is 4.05. The van der Waals surface area contributed by atoms with Crippen LogP contribution in [0.2, 0.25) is 0 Å². The summed E-state index contributed by atoms with van der Waals surface area (Å²) in [5.41, 5.74) is 0. The lowest BCUT2D eigenvalue weighted by atomic mass is 10.2. The van der Waals surface area contributed by atoms with E-state index < -0.39 is 12.6 Å². The van der Waals surface area contributed by atoms with Crippen molar-refractivity contribution < 1.29 is 13.2 Å². The molecule has 0 unspecified atom stereocenters. The molecule has 0 spiro atoms. The van der Waals surface area contributed by atoms with E-state index in [0.29, 0.717) is 0 Å². The lowest BCUT2D eigenvalue weighted by Crippen LogP contribution is -2.47. The highest BCUT2D eigenvalue weighted by atomic mass is 19.4. The van der Waals surface area contributed by atoms with Crippen molar-refractivity contribution in [3.05, 3.63) is 0 Å². The largest absolute Gasteiger partial charge is 0.390 e. The first-order valence-corrected chi connectivity index (χ1v) is 5.52. The Morgan fingerprint density at radius 2 is 1.40 bits per heavy atom. The maximum absolute atomic E-state index is 12.0. The van der Waals surface area contributed by atoms with Gasteiger partial charge in [0, 0.05) is 32.7 Å². The summed E-state index contributed by atoms with van der Waals surface area (Å²) in [5, 5.41) is 0. The SMILES string of the molecule is CCCN1CCN(CCC(F)(F)F)CC1. The lowest BCUT2D eigenvalue weighted by Gasteiger charge is -2.34. The van der Waals surface area contributed by atoms with Crippen molar-refractivity contribution in [1.82, 2.24) is 9.80 Å². The standard InChI is InChI=1S/C10H19F3N2/c1-2-4-14-6-8-15(9-7-14)5-3-10(11,12)13/h2-9H2,1H3. The highest BCUT2D eigenvalue weighted by Gasteiger charge is 2.28. The number of nitrogens with zero attached hydrogens (tertiary/aromatic N) is 2. The number of rotatable bonds is 4. The summed E-state index contributed by atoms with van der Waals surface area (Å²) in [6, 6.07) is 0. The Morgan fingerprint density at radius 3 is 1.80 bits per heavy atom. The Balaban J connectivity index is 2.15. The van der Waals surface area contributed by atoms with Gasteiger partial charge in [0.15, 0.2) is 0 Å². The molecule has 1 heterocycles. The maximum atomic E-state index is 12.0. The van der Waals surface area contributed by atoms with Crippen LogP contribution in [0.3, 0.4) is 0 Å². The van der Waals surface area contributed by atoms with E-state index in [4.69, 9.17) is 0 Å². The van der Waals surface area contributed by atoms with Crippen molar-refractivity contribution in [3.63, 3.8) is 0 Å². The third-order valence-corrected chi connectivity index (χ3v) is 2.72. The van der Waals surface area contributed by atoms with Gasteiger partial charge in [-0.25, -0.2) is 0 Å². The molecule has 0 aromatic rings. The highest BCUT2D eigenvalue weighted by molar-refractivity contribution is 4.72. The average Bonchev–Trinajstić information content (AvgIpc) is 2.16. The van der Waals surface area contributed by atoms with Gasteiger partial charge in [-0.05, 0) is 13.0 Å². The first-order valence-electron chi connectivity index (χ1n) is 5.52. The fourth-order valence-corrected chi connectivity index (χ4v) is 1.84. The minimum Gasteiger partial charge on any atom is -0.301 e. The molecule has 0 aromatic carbocycles. The molecule has 1 aliphatic rings. The van der Waals surface area contributed by atoms with E-state index in [1.54, 1.807) is 0 Å². The molecule has 2 nitrogen and oxygen atoms in total. The summed E-state index contributed by atoms with van der Waals surface area (Å²) in [7, 11) is 0. The summed E-state index contributed by atoms with van der Waals surface area (Å²) >= 11 is 0. The van der Waals surface area contributed by atoms with Gasteiger partial charge in [-0.1, -0.05) is 6.92 Å². The number of hydrogen-bond acceptors (Lipinski definition) is 2. The quantitative estimate of drug-likeness (QED) is 0.720. The number of piperazine rings is 1. The van der Waals surface area contributed by atoms with Crippen molar-refractivity contribution in [2.75, 3.05) is 39.3 Å². The summed E-state index contributed by atoms with van der Waals surface area (Å²) in [6.45, 7) is 6.70. The minimum atomic E-state index is -4.01. The summed E-state index contributed by atoms with van der Waals surface area (Å²) in [4.78, 5) is 4.21. The van der Waals surface area contributed by atoms with Crippen LogP contribution in [-0.2, 0) is 0 Å². The van der Waals surface area contributed by atoms with Gasteiger partial charge in [-0.3, -0.25) is 0 Å². The van der Waals surface area contributed by atoms with Crippen molar-refractivity contribution in [3.8, 4) is 0 Å². The molecule has 1 saturated heterocycles. The third kappa shape index (κ3) is 5.37. The molecule has 0 N–H and O–H groups in total. The minimum absolute atomic E-state index is 0.156. The van der Waals surface area contributed by atoms with E-state index in [-0.39, 0.29) is 6.54 Å². The van der Waals surface area contributed by atoms with Crippen LogP contribution < -0.4 is 0 Å². The van der Waals surface area contributed by atoms with Crippen LogP contribution in [0.25, 0.3) is 0 Å². The molecule has 0 radical (unpaired) electrons. The van der Waals surface area contributed by atoms with Crippen LogP contribution in [0.5, 0.6) is 0 Å². The predicted molar refractivity (Wildman–Crippen MR) is 53.8 cm³/mol. The third-order valence-electron chi connectivity index (χ3n) is 2.72. The zero-order valence-corrected chi connectivity index (χ0v) is 9.19. The van der Waals surface area contributed by atoms with Crippen molar-refractivity contribution in [2.24, 2.45) is 0 Å². The topological polar surface area (TPSA) is 6.48 Å². The Kier molecular flexibility index (Phi) is 4.86. The maximum Gasteiger partial charge on any atom is 0.390 e. The van der Waals surface area contributed by atoms with E-state index in [9.17, 15) is 13.2 Å². The summed E-state index contributed by atoms with van der Waals surface area (Å²) in [6.07, 6.45) is -3.58. The average molecular weight is 224 g/mol. The van der Waals surface area contributed by atoms with Crippen molar-refractivity contribution in [2.45, 2.75) is 25.9 Å². The van der Waals surface area contributed by atoms with Crippen molar-refractivity contribution in [1.29, 1.82) is 0 Å². The number of hydrogen-bond donors (Lipinski definition) is 0. The zero-order chi connectivity index (χ0) is 11.3. The molecule has 5 heteroatoms. The number of halogens is 3. The summed E-state index contributed by atoms with van der Waals surface area (Å²) < 4.78 is 35.9. The van der Waals surface area contributed by atoms with Gasteiger partial charge >= 0.3 is 6.18 Å². The number of alkyl halides is 3. The Bertz CT molecular complexity index is 174. The van der Waals surface area contributed by atoms with E-state index in [2.05, 4.69) is 11.8 Å². The second-order valence-corrected chi connectivity index (χ2v) is 4.05. The molecular weight excluding hydrogens is 205 g/mol. The molecule has 0 bridgehead atoms. The van der Waals surface area contributed by atoms with Gasteiger partial charge in [0.1, 0.15) is 0 Å². The summed E-state index contributed by atoms with van der Waals surface area (Å²) in [5.74, 6) is 0. The predicted octanol–water partition coefficient (Wildman–Crippen LogP) is 1.97. The van der Waals surface area contributed by atoms with E-state index in [1.165, 1.54) is 0 Å². The van der Waals surface area contributed by atoms with Gasteiger partial charge in [0.2, 0.25) is 0 Å². The van der Waals surface area contributed by atoms with E-state index >= 15 is 0 Å². The van der Waals surface area contributed by atoms with Crippen LogP contribution in [0, 0.1) is 0 Å². The van der Waals surface area contributed by atoms with Crippen LogP contribution >= 0.6 is 0 Å². The molecule has 0 saturated carbocycles. The molecule has 15 heavy (non-hydrogen) atoms. The molecule has 0 aromatic heterocycles. The van der Waals surface area contributed by atoms with Gasteiger partial charge in [-0.15, -0.1) is 0 Å². The molecule has 1 aliphatic heterocycles. The fraction of sp³-hybridized carbons (Fsp3) is 1.00. The molecule has 1 rings (SSSR count). The fourth-order valence-electron chi connectivity index (χ4n) is 1.84. The zero-order valence-electron chi connectivity index (χ0n) is 9.19. The van der Waals surface area contributed by atoms with Gasteiger partial charge in [0.25, 0.3) is 0 Å². The Hall–Kier alpha value is -0.290. The van der Waals surface area contributed by atoms with Crippen LogP contribution in [0.1, 0.15) is 19.8 Å². The molecule has 1 fully saturated rings. The van der Waals surface area contributed by atoms with Gasteiger partial charge < -0.3 is 9.80 Å². The second kappa shape index (κ2) is 5.70. The molecule has 0 amide bonds. The van der Waals surface area contributed by atoms with Gasteiger partial charge in [-0.2, -0.15) is 13.2 Å². The Labute approximate surface area is 89.0 Å². The lowest BCUT2D eigenvalue weighted by molar-refractivity contribution is -0.138. The Morgan fingerprint density at radius 1 is 0.933 bits per heavy atom. The van der Waals surface area contributed by atoms with Gasteiger partial charge in [0.05, 0.1) is 6.42 Å². The molecule has 0 atom stereocenters. The first-order chi connectivity index (χ1) is 7.01. The van der Waals surface area contributed by atoms with E-state index in [1.807, 2.05) is 4.90 Å². The monoisotopic (exact) mass is 224 g/mol. The highest BCUT2D eigenvalue weighted by Crippen LogP contribution is 2.20. The van der Waals surface area contributed by atoms with Crippen LogP contribution in [-0.4, -0.2) is 55.2 Å². The van der Waals surface area contributed by atoms with Crippen molar-refractivity contribution >= 4 is 0 Å². The molecule has 0 aliphatic carbocycles. The smallest absolute Gasteiger partial charge is 0.301 e. The first kappa shape index (κ1) is 12.8. The van der Waals surface area contributed by atoms with E-state index in [0.717, 1.165) is 39.1 Å². The molecule has 90 valence electrons. The normalized spacial score (nSPS) is 20.8. The van der Waals surface area contributed by atoms with Crippen LogP contribution in [0.4, 0.5) is 13.2 Å².